The monoisotopic (exact) mass is 371 g/mol. The Bertz CT molecular complexity index is 813. The number of carbonyl (C=O) groups excluding carboxylic acids is 1. The molecule has 0 unspecified atom stereocenters. The van der Waals surface area contributed by atoms with E-state index in [1.807, 2.05) is 34.3 Å². The van der Waals surface area contributed by atoms with Gasteiger partial charge in [-0.1, -0.05) is 0 Å². The molecule has 1 saturated carbocycles. The zero-order chi connectivity index (χ0) is 19.1. The van der Waals surface area contributed by atoms with Gasteiger partial charge in [0.2, 0.25) is 5.91 Å². The first-order valence-corrected chi connectivity index (χ1v) is 9.86. The second-order valence-corrected chi connectivity index (χ2v) is 8.21. The average molecular weight is 371 g/mol. The number of likely N-dealkylation sites (tertiary alicyclic amines) is 1. The fourth-order valence-corrected chi connectivity index (χ4v) is 4.97. The minimum atomic E-state index is -0.365. The van der Waals surface area contributed by atoms with Crippen LogP contribution in [0, 0.1) is 25.7 Å². The Balaban J connectivity index is 1.37. The molecule has 1 aliphatic heterocycles. The molecule has 27 heavy (non-hydrogen) atoms. The van der Waals surface area contributed by atoms with E-state index in [9.17, 15) is 9.90 Å². The van der Waals surface area contributed by atoms with Crippen LogP contribution < -0.4 is 0 Å². The minimum absolute atomic E-state index is 0.0736. The molecule has 7 nitrogen and oxygen atoms in total. The van der Waals surface area contributed by atoms with Gasteiger partial charge in [0, 0.05) is 44.6 Å². The van der Waals surface area contributed by atoms with Crippen LogP contribution in [-0.4, -0.2) is 54.4 Å². The van der Waals surface area contributed by atoms with E-state index in [1.165, 1.54) is 5.56 Å². The molecule has 0 aromatic carbocycles. The quantitative estimate of drug-likeness (QED) is 0.886. The fourth-order valence-electron chi connectivity index (χ4n) is 4.97. The van der Waals surface area contributed by atoms with Crippen molar-refractivity contribution < 1.29 is 9.90 Å². The molecule has 1 amide bonds. The highest BCUT2D eigenvalue weighted by Gasteiger charge is 2.43. The highest BCUT2D eigenvalue weighted by molar-refractivity contribution is 5.77. The lowest BCUT2D eigenvalue weighted by Crippen LogP contribution is -2.35. The van der Waals surface area contributed by atoms with Gasteiger partial charge in [0.05, 0.1) is 24.2 Å². The number of nitrogens with zero attached hydrogens (tertiary/aromatic N) is 5. The van der Waals surface area contributed by atoms with Crippen molar-refractivity contribution in [1.82, 2.24) is 24.2 Å². The molecule has 1 saturated heterocycles. The molecule has 0 spiro atoms. The summed E-state index contributed by atoms with van der Waals surface area (Å²) < 4.78 is 3.90. The van der Waals surface area contributed by atoms with Crippen LogP contribution >= 0.6 is 0 Å². The first-order valence-electron chi connectivity index (χ1n) is 9.86. The Hall–Kier alpha value is -2.15. The van der Waals surface area contributed by atoms with Crippen LogP contribution in [0.15, 0.2) is 18.7 Å². The van der Waals surface area contributed by atoms with Gasteiger partial charge in [0.1, 0.15) is 0 Å². The van der Waals surface area contributed by atoms with Gasteiger partial charge in [-0.15, -0.1) is 0 Å². The molecule has 3 heterocycles. The third-order valence-corrected chi connectivity index (χ3v) is 6.62. The third kappa shape index (κ3) is 3.40. The lowest BCUT2D eigenvalue weighted by molar-refractivity contribution is -0.130. The Kier molecular flexibility index (Phi) is 4.80. The summed E-state index contributed by atoms with van der Waals surface area (Å²) in [7, 11) is 1.95. The molecule has 4 atom stereocenters. The summed E-state index contributed by atoms with van der Waals surface area (Å²) in [5.74, 6) is 1.10. The van der Waals surface area contributed by atoms with Crippen molar-refractivity contribution in [3.05, 3.63) is 35.7 Å². The van der Waals surface area contributed by atoms with Gasteiger partial charge in [-0.3, -0.25) is 9.48 Å². The zero-order valence-electron chi connectivity index (χ0n) is 16.4. The van der Waals surface area contributed by atoms with E-state index in [1.54, 1.807) is 12.5 Å². The number of amides is 1. The largest absolute Gasteiger partial charge is 0.391 e. The van der Waals surface area contributed by atoms with Gasteiger partial charge < -0.3 is 14.6 Å². The molecule has 2 aliphatic rings. The molecule has 2 aromatic rings. The number of hydrogen-bond donors (Lipinski definition) is 1. The smallest absolute Gasteiger partial charge is 0.222 e. The van der Waals surface area contributed by atoms with Crippen LogP contribution in [0.5, 0.6) is 0 Å². The van der Waals surface area contributed by atoms with Crippen molar-refractivity contribution in [2.45, 2.75) is 51.7 Å². The van der Waals surface area contributed by atoms with Crippen molar-refractivity contribution in [2.75, 3.05) is 13.1 Å². The van der Waals surface area contributed by atoms with E-state index in [4.69, 9.17) is 0 Å². The first-order chi connectivity index (χ1) is 12.9. The van der Waals surface area contributed by atoms with Gasteiger partial charge in [-0.05, 0) is 50.5 Å². The van der Waals surface area contributed by atoms with E-state index in [0.717, 1.165) is 43.7 Å². The normalized spacial score (nSPS) is 27.8. The van der Waals surface area contributed by atoms with Gasteiger partial charge in [0.25, 0.3) is 0 Å². The molecule has 146 valence electrons. The summed E-state index contributed by atoms with van der Waals surface area (Å²) in [6.45, 7) is 5.66. The Morgan fingerprint density at radius 1 is 1.26 bits per heavy atom. The second-order valence-electron chi connectivity index (χ2n) is 8.21. The van der Waals surface area contributed by atoms with Crippen LogP contribution in [0.4, 0.5) is 0 Å². The number of aliphatic hydroxyl groups is 1. The highest BCUT2D eigenvalue weighted by atomic mass is 16.3. The van der Waals surface area contributed by atoms with Gasteiger partial charge in [0.15, 0.2) is 0 Å². The highest BCUT2D eigenvalue weighted by Crippen LogP contribution is 2.41. The number of rotatable bonds is 4. The van der Waals surface area contributed by atoms with Gasteiger partial charge >= 0.3 is 0 Å². The van der Waals surface area contributed by atoms with Crippen LogP contribution in [-0.2, 0) is 18.3 Å². The molecule has 1 N–H and O–H groups in total. The maximum Gasteiger partial charge on any atom is 0.222 e. The number of aromatic nitrogens is 4. The molecule has 2 fully saturated rings. The summed E-state index contributed by atoms with van der Waals surface area (Å²) in [5.41, 5.74) is 3.35. The standard InChI is InChI=1S/C20H29N5O2/c1-13-17(14(2)23(3)22-13)4-5-20(27)25-10-15-8-18(24-7-6-21-12-24)19(26)9-16(15)11-25/h6-7,12,15-16,18-19,26H,4-5,8-11H2,1-3H3/t15-,16+,18-,19-/m1/s1. The van der Waals surface area contributed by atoms with E-state index >= 15 is 0 Å². The maximum absolute atomic E-state index is 12.8. The summed E-state index contributed by atoms with van der Waals surface area (Å²) in [6, 6.07) is 0.0736. The molecule has 2 aromatic heterocycles. The van der Waals surface area contributed by atoms with Crippen molar-refractivity contribution in [2.24, 2.45) is 18.9 Å². The third-order valence-electron chi connectivity index (χ3n) is 6.62. The van der Waals surface area contributed by atoms with E-state index in [0.29, 0.717) is 18.3 Å². The molecular formula is C20H29N5O2. The van der Waals surface area contributed by atoms with Crippen LogP contribution in [0.25, 0.3) is 0 Å². The van der Waals surface area contributed by atoms with E-state index in [2.05, 4.69) is 17.0 Å². The Morgan fingerprint density at radius 3 is 2.63 bits per heavy atom. The zero-order valence-corrected chi connectivity index (χ0v) is 16.4. The number of aliphatic hydroxyl groups excluding tert-OH is 1. The van der Waals surface area contributed by atoms with E-state index < -0.39 is 0 Å². The maximum atomic E-state index is 12.8. The summed E-state index contributed by atoms with van der Waals surface area (Å²) in [4.78, 5) is 18.9. The van der Waals surface area contributed by atoms with Crippen LogP contribution in [0.2, 0.25) is 0 Å². The second kappa shape index (κ2) is 7.11. The summed E-state index contributed by atoms with van der Waals surface area (Å²) in [5, 5.41) is 15.0. The van der Waals surface area contributed by atoms with Gasteiger partial charge in [-0.2, -0.15) is 5.10 Å². The Labute approximate surface area is 160 Å². The predicted molar refractivity (Wildman–Crippen MR) is 101 cm³/mol. The van der Waals surface area contributed by atoms with Crippen molar-refractivity contribution in [1.29, 1.82) is 0 Å². The first kappa shape index (κ1) is 18.2. The number of imidazole rings is 1. The van der Waals surface area contributed by atoms with Gasteiger partial charge in [-0.25, -0.2) is 4.98 Å². The number of fused-ring (bicyclic) bond motifs is 1. The predicted octanol–water partition coefficient (Wildman–Crippen LogP) is 1.64. The minimum Gasteiger partial charge on any atom is -0.391 e. The Morgan fingerprint density at radius 2 is 2.00 bits per heavy atom. The molecule has 0 bridgehead atoms. The average Bonchev–Trinajstić information content (AvgIpc) is 3.34. The SMILES string of the molecule is Cc1nn(C)c(C)c1CCC(=O)N1C[C@H]2C[C@@H](n3ccnc3)[C@H](O)C[C@H]2C1. The lowest BCUT2D eigenvalue weighted by atomic mass is 9.77. The summed E-state index contributed by atoms with van der Waals surface area (Å²) >= 11 is 0. The van der Waals surface area contributed by atoms with E-state index in [-0.39, 0.29) is 18.1 Å². The van der Waals surface area contributed by atoms with Crippen LogP contribution in [0.1, 0.15) is 42.3 Å². The molecule has 7 heteroatoms. The molecule has 1 aliphatic carbocycles. The number of carbonyl (C=O) groups is 1. The molecule has 0 radical (unpaired) electrons. The summed E-state index contributed by atoms with van der Waals surface area (Å²) in [6.07, 6.45) is 8.04. The number of aryl methyl sites for hydroxylation is 2. The van der Waals surface area contributed by atoms with Crippen molar-refractivity contribution in [3.63, 3.8) is 0 Å². The van der Waals surface area contributed by atoms with Crippen molar-refractivity contribution in [3.8, 4) is 0 Å². The fraction of sp³-hybridized carbons (Fsp3) is 0.650. The topological polar surface area (TPSA) is 76.2 Å². The lowest BCUT2D eigenvalue weighted by Gasteiger charge is -2.35. The number of hydrogen-bond acceptors (Lipinski definition) is 4. The van der Waals surface area contributed by atoms with Crippen LogP contribution in [0.3, 0.4) is 0 Å². The molecule has 4 rings (SSSR count). The van der Waals surface area contributed by atoms with Crippen molar-refractivity contribution >= 4 is 5.91 Å². The molecular weight excluding hydrogens is 342 g/mol.